The van der Waals surface area contributed by atoms with Gasteiger partial charge in [0, 0.05) is 18.0 Å². The summed E-state index contributed by atoms with van der Waals surface area (Å²) < 4.78 is 39.5. The van der Waals surface area contributed by atoms with Gasteiger partial charge in [0.1, 0.15) is 24.1 Å². The van der Waals surface area contributed by atoms with Gasteiger partial charge in [0.15, 0.2) is 0 Å². The lowest BCUT2D eigenvalue weighted by molar-refractivity contribution is 0.0322. The molecule has 0 aliphatic carbocycles. The number of hydrogen-bond donors (Lipinski definition) is 0. The largest absolute Gasteiger partial charge is 0.497 e. The standard InChI is InChI=1S/C24H25F2N3O3/c1-17-8-9-23-27-19(13-28(23)12-17)16-32-20-7-4-5-18(11-20)24(30)29(15-22(25)26)14-21-6-2-3-10-31-21/h3-5,7-13,21-22H,2,6,14-16H2,1H3/t21-/m1/s1. The molecule has 3 aromatic rings. The number of halogens is 2. The van der Waals surface area contributed by atoms with Gasteiger partial charge >= 0.3 is 0 Å². The molecule has 0 fully saturated rings. The highest BCUT2D eigenvalue weighted by molar-refractivity contribution is 5.94. The molecule has 1 amide bonds. The number of alkyl halides is 2. The van der Waals surface area contributed by atoms with E-state index in [0.717, 1.165) is 28.2 Å². The molecule has 2 aromatic heterocycles. The number of aromatic nitrogens is 2. The molecular formula is C24H25F2N3O3. The molecule has 1 aliphatic rings. The monoisotopic (exact) mass is 441 g/mol. The number of carbonyl (C=O) groups excluding carboxylic acids is 1. The molecule has 32 heavy (non-hydrogen) atoms. The fourth-order valence-corrected chi connectivity index (χ4v) is 3.66. The summed E-state index contributed by atoms with van der Waals surface area (Å²) in [6, 6.07) is 10.5. The summed E-state index contributed by atoms with van der Waals surface area (Å²) in [5.41, 5.74) is 2.98. The maximum absolute atomic E-state index is 13.1. The molecule has 1 aliphatic heterocycles. The van der Waals surface area contributed by atoms with Gasteiger partial charge in [0.25, 0.3) is 12.3 Å². The van der Waals surface area contributed by atoms with Gasteiger partial charge in [0.2, 0.25) is 0 Å². The number of amides is 1. The number of hydrogen-bond acceptors (Lipinski definition) is 4. The first-order valence-electron chi connectivity index (χ1n) is 10.5. The Morgan fingerprint density at radius 3 is 2.97 bits per heavy atom. The van der Waals surface area contributed by atoms with Gasteiger partial charge in [0.05, 0.1) is 25.0 Å². The molecule has 8 heteroatoms. The molecule has 0 bridgehead atoms. The minimum absolute atomic E-state index is 0.110. The Kier molecular flexibility index (Phi) is 6.68. The first-order valence-corrected chi connectivity index (χ1v) is 10.5. The zero-order valence-corrected chi connectivity index (χ0v) is 17.8. The Balaban J connectivity index is 1.44. The molecule has 1 atom stereocenters. The fraction of sp³-hybridized carbons (Fsp3) is 0.333. The van der Waals surface area contributed by atoms with Crippen molar-refractivity contribution < 1.29 is 23.0 Å². The van der Waals surface area contributed by atoms with Crippen LogP contribution in [0.25, 0.3) is 5.65 Å². The molecule has 6 nitrogen and oxygen atoms in total. The van der Waals surface area contributed by atoms with Gasteiger partial charge in [-0.2, -0.15) is 0 Å². The van der Waals surface area contributed by atoms with E-state index >= 15 is 0 Å². The lowest BCUT2D eigenvalue weighted by atomic mass is 10.1. The average Bonchev–Trinajstić information content (AvgIpc) is 3.19. The van der Waals surface area contributed by atoms with Crippen LogP contribution < -0.4 is 4.74 Å². The van der Waals surface area contributed by atoms with Gasteiger partial charge in [-0.05, 0) is 55.7 Å². The van der Waals surface area contributed by atoms with Gasteiger partial charge in [-0.3, -0.25) is 4.79 Å². The molecule has 0 saturated heterocycles. The Morgan fingerprint density at radius 2 is 2.19 bits per heavy atom. The molecule has 168 valence electrons. The van der Waals surface area contributed by atoms with E-state index in [1.165, 1.54) is 0 Å². The van der Waals surface area contributed by atoms with Crippen LogP contribution in [0.2, 0.25) is 0 Å². The van der Waals surface area contributed by atoms with Gasteiger partial charge in [-0.25, -0.2) is 13.8 Å². The summed E-state index contributed by atoms with van der Waals surface area (Å²) >= 11 is 0. The van der Waals surface area contributed by atoms with E-state index in [4.69, 9.17) is 9.47 Å². The minimum Gasteiger partial charge on any atom is -0.497 e. The summed E-state index contributed by atoms with van der Waals surface area (Å²) in [6.45, 7) is 1.70. The second-order valence-corrected chi connectivity index (χ2v) is 7.83. The first kappa shape index (κ1) is 21.8. The highest BCUT2D eigenvalue weighted by Crippen LogP contribution is 2.19. The topological polar surface area (TPSA) is 56.1 Å². The quantitative estimate of drug-likeness (QED) is 0.512. The fourth-order valence-electron chi connectivity index (χ4n) is 3.66. The maximum atomic E-state index is 13.1. The van der Waals surface area contributed by atoms with Crippen molar-refractivity contribution in [3.05, 3.63) is 78.0 Å². The molecule has 0 spiro atoms. The molecule has 0 saturated carbocycles. The molecule has 1 aromatic carbocycles. The summed E-state index contributed by atoms with van der Waals surface area (Å²) in [5, 5.41) is 0. The normalized spacial score (nSPS) is 15.7. The van der Waals surface area contributed by atoms with Crippen LogP contribution in [0.5, 0.6) is 5.75 Å². The summed E-state index contributed by atoms with van der Waals surface area (Å²) in [7, 11) is 0. The Labute approximate surface area is 185 Å². The number of rotatable bonds is 8. The highest BCUT2D eigenvalue weighted by Gasteiger charge is 2.24. The number of carbonyl (C=O) groups is 1. The third kappa shape index (κ3) is 5.43. The second kappa shape index (κ2) is 9.80. The number of imidazole rings is 1. The van der Waals surface area contributed by atoms with Crippen molar-refractivity contribution in [2.75, 3.05) is 13.1 Å². The maximum Gasteiger partial charge on any atom is 0.255 e. The van der Waals surface area contributed by atoms with Gasteiger partial charge < -0.3 is 18.8 Å². The Bertz CT molecular complexity index is 1110. The van der Waals surface area contributed by atoms with Crippen LogP contribution in [-0.2, 0) is 11.3 Å². The molecular weight excluding hydrogens is 416 g/mol. The number of allylic oxidation sites excluding steroid dienone is 1. The second-order valence-electron chi connectivity index (χ2n) is 7.83. The van der Waals surface area contributed by atoms with Crippen molar-refractivity contribution in [2.24, 2.45) is 0 Å². The van der Waals surface area contributed by atoms with Crippen LogP contribution in [0, 0.1) is 6.92 Å². The third-order valence-electron chi connectivity index (χ3n) is 5.21. The van der Waals surface area contributed by atoms with Crippen molar-refractivity contribution in [3.8, 4) is 5.75 Å². The third-order valence-corrected chi connectivity index (χ3v) is 5.21. The first-order chi connectivity index (χ1) is 15.5. The van der Waals surface area contributed by atoms with Crippen molar-refractivity contribution in [1.29, 1.82) is 0 Å². The predicted molar refractivity (Wildman–Crippen MR) is 116 cm³/mol. The number of nitrogens with zero attached hydrogens (tertiary/aromatic N) is 3. The van der Waals surface area contributed by atoms with E-state index in [2.05, 4.69) is 4.98 Å². The Morgan fingerprint density at radius 1 is 1.31 bits per heavy atom. The van der Waals surface area contributed by atoms with E-state index in [1.54, 1.807) is 30.5 Å². The molecule has 0 radical (unpaired) electrons. The Hall–Kier alpha value is -3.42. The van der Waals surface area contributed by atoms with Gasteiger partial charge in [-0.15, -0.1) is 0 Å². The van der Waals surface area contributed by atoms with Crippen LogP contribution in [0.15, 0.2) is 61.1 Å². The summed E-state index contributed by atoms with van der Waals surface area (Å²) in [6.07, 6.45) is 5.87. The van der Waals surface area contributed by atoms with E-state index in [9.17, 15) is 13.6 Å². The number of fused-ring (bicyclic) bond motifs is 1. The van der Waals surface area contributed by atoms with Gasteiger partial charge in [-0.1, -0.05) is 12.1 Å². The van der Waals surface area contributed by atoms with Crippen molar-refractivity contribution in [2.45, 2.75) is 38.9 Å². The number of pyridine rings is 1. The van der Waals surface area contributed by atoms with E-state index in [1.807, 2.05) is 41.9 Å². The summed E-state index contributed by atoms with van der Waals surface area (Å²) in [4.78, 5) is 18.6. The average molecular weight is 441 g/mol. The molecule has 0 N–H and O–H groups in total. The number of aryl methyl sites for hydroxylation is 1. The molecule has 3 heterocycles. The van der Waals surface area contributed by atoms with Crippen molar-refractivity contribution in [1.82, 2.24) is 14.3 Å². The van der Waals surface area contributed by atoms with Crippen LogP contribution >= 0.6 is 0 Å². The van der Waals surface area contributed by atoms with Crippen LogP contribution in [0.1, 0.15) is 34.5 Å². The SMILES string of the molecule is Cc1ccc2nc(COc3cccc(C(=O)N(CC(F)F)C[C@H]4CCC=CO4)c3)cn2c1. The smallest absolute Gasteiger partial charge is 0.255 e. The lowest BCUT2D eigenvalue weighted by Gasteiger charge is -2.28. The zero-order chi connectivity index (χ0) is 22.5. The van der Waals surface area contributed by atoms with Crippen LogP contribution in [-0.4, -0.2) is 45.8 Å². The van der Waals surface area contributed by atoms with E-state index in [-0.39, 0.29) is 19.3 Å². The van der Waals surface area contributed by atoms with Crippen LogP contribution in [0.4, 0.5) is 8.78 Å². The number of benzene rings is 1. The minimum atomic E-state index is -2.63. The predicted octanol–water partition coefficient (Wildman–Crippen LogP) is 4.62. The summed E-state index contributed by atoms with van der Waals surface area (Å²) in [5.74, 6) is -0.00459. The molecule has 0 unspecified atom stereocenters. The molecule has 4 rings (SSSR count). The van der Waals surface area contributed by atoms with Crippen molar-refractivity contribution >= 4 is 11.6 Å². The zero-order valence-electron chi connectivity index (χ0n) is 17.8. The van der Waals surface area contributed by atoms with Crippen molar-refractivity contribution in [3.63, 3.8) is 0 Å². The van der Waals surface area contributed by atoms with E-state index < -0.39 is 18.9 Å². The lowest BCUT2D eigenvalue weighted by Crippen LogP contribution is -2.41. The van der Waals surface area contributed by atoms with Crippen LogP contribution in [0.3, 0.4) is 0 Å². The van der Waals surface area contributed by atoms with E-state index in [0.29, 0.717) is 17.7 Å². The number of ether oxygens (including phenoxy) is 2. The highest BCUT2D eigenvalue weighted by atomic mass is 19.3.